The Morgan fingerprint density at radius 1 is 1.12 bits per heavy atom. The normalized spacial score (nSPS) is 10.9. The molecule has 4 heteroatoms. The van der Waals surface area contributed by atoms with Crippen LogP contribution in [0.4, 0.5) is 4.39 Å². The van der Waals surface area contributed by atoms with Gasteiger partial charge in [-0.3, -0.25) is 0 Å². The molecule has 3 nitrogen and oxygen atoms in total. The molecule has 0 saturated heterocycles. The van der Waals surface area contributed by atoms with Crippen LogP contribution in [-0.2, 0) is 0 Å². The first kappa shape index (κ1) is 9.96. The molecule has 0 aliphatic carbocycles. The van der Waals surface area contributed by atoms with E-state index in [0.717, 1.165) is 22.3 Å². The summed E-state index contributed by atoms with van der Waals surface area (Å²) in [7, 11) is 0. The van der Waals surface area contributed by atoms with Crippen molar-refractivity contribution in [3.8, 4) is 11.3 Å². The van der Waals surface area contributed by atoms with Crippen LogP contribution in [0.5, 0.6) is 0 Å². The number of nitrogens with zero attached hydrogens (tertiary/aromatic N) is 3. The van der Waals surface area contributed by atoms with Crippen molar-refractivity contribution < 1.29 is 4.39 Å². The molecule has 0 aliphatic heterocycles. The minimum Gasteiger partial charge on any atom is -0.233 e. The lowest BCUT2D eigenvalue weighted by Gasteiger charge is -2.04. The van der Waals surface area contributed by atoms with Gasteiger partial charge in [0.15, 0.2) is 0 Å². The molecule has 0 saturated carbocycles. The molecule has 0 fully saturated rings. The lowest BCUT2D eigenvalue weighted by Crippen LogP contribution is -1.94. The molecular formula is C13H10FN3. The Bertz CT molecular complexity index is 671. The highest BCUT2D eigenvalue weighted by atomic mass is 19.1. The highest BCUT2D eigenvalue weighted by Gasteiger charge is 2.06. The van der Waals surface area contributed by atoms with Crippen molar-refractivity contribution in [1.29, 1.82) is 0 Å². The predicted octanol–water partition coefficient (Wildman–Crippen LogP) is 2.84. The lowest BCUT2D eigenvalue weighted by atomic mass is 10.2. The average Bonchev–Trinajstić information content (AvgIpc) is 2.73. The third-order valence-corrected chi connectivity index (χ3v) is 2.76. The highest BCUT2D eigenvalue weighted by Crippen LogP contribution is 2.21. The Hall–Kier alpha value is -2.23. The summed E-state index contributed by atoms with van der Waals surface area (Å²) in [6.45, 7) is 2.01. The van der Waals surface area contributed by atoms with Crippen LogP contribution in [0.1, 0.15) is 5.56 Å². The smallest absolute Gasteiger partial charge is 0.212 e. The predicted molar refractivity (Wildman–Crippen MR) is 63.1 cm³/mol. The molecule has 84 valence electrons. The second-order valence-corrected chi connectivity index (χ2v) is 3.91. The molecular weight excluding hydrogens is 217 g/mol. The molecule has 0 radical (unpaired) electrons. The van der Waals surface area contributed by atoms with Crippen molar-refractivity contribution in [2.45, 2.75) is 6.92 Å². The van der Waals surface area contributed by atoms with Crippen molar-refractivity contribution in [3.63, 3.8) is 0 Å². The monoisotopic (exact) mass is 227 g/mol. The van der Waals surface area contributed by atoms with Gasteiger partial charge >= 0.3 is 0 Å². The number of hydrogen-bond acceptors (Lipinski definition) is 2. The summed E-state index contributed by atoms with van der Waals surface area (Å²) < 4.78 is 14.6. The number of aromatic nitrogens is 3. The third-order valence-electron chi connectivity index (χ3n) is 2.76. The van der Waals surface area contributed by atoms with Crippen molar-refractivity contribution in [1.82, 2.24) is 14.6 Å². The van der Waals surface area contributed by atoms with E-state index in [1.54, 1.807) is 6.07 Å². The Morgan fingerprint density at radius 3 is 2.76 bits per heavy atom. The fourth-order valence-electron chi connectivity index (χ4n) is 1.88. The molecule has 0 unspecified atom stereocenters. The van der Waals surface area contributed by atoms with Gasteiger partial charge < -0.3 is 0 Å². The zero-order valence-corrected chi connectivity index (χ0v) is 9.26. The van der Waals surface area contributed by atoms with Crippen LogP contribution in [0.15, 0.2) is 42.7 Å². The van der Waals surface area contributed by atoms with E-state index >= 15 is 0 Å². The average molecular weight is 227 g/mol. The number of fused-ring (bicyclic) bond motifs is 1. The lowest BCUT2D eigenvalue weighted by molar-refractivity contribution is 0.584. The third kappa shape index (κ3) is 1.58. The molecule has 0 aliphatic rings. The second kappa shape index (κ2) is 3.66. The van der Waals surface area contributed by atoms with Crippen molar-refractivity contribution in [2.24, 2.45) is 0 Å². The van der Waals surface area contributed by atoms with Gasteiger partial charge in [-0.05, 0) is 36.8 Å². The number of aryl methyl sites for hydroxylation is 1. The van der Waals surface area contributed by atoms with Crippen molar-refractivity contribution >= 4 is 5.52 Å². The van der Waals surface area contributed by atoms with Gasteiger partial charge in [0, 0.05) is 11.8 Å². The first-order valence-corrected chi connectivity index (χ1v) is 5.31. The molecule has 3 rings (SSSR count). The molecule has 0 aromatic carbocycles. The molecule has 0 amide bonds. The second-order valence-electron chi connectivity index (χ2n) is 3.91. The highest BCUT2D eigenvalue weighted by molar-refractivity contribution is 5.65. The number of rotatable bonds is 1. The van der Waals surface area contributed by atoms with Gasteiger partial charge in [0.25, 0.3) is 0 Å². The minimum atomic E-state index is -0.474. The number of halogens is 1. The van der Waals surface area contributed by atoms with Crippen LogP contribution in [-0.4, -0.2) is 14.6 Å². The molecule has 17 heavy (non-hydrogen) atoms. The van der Waals surface area contributed by atoms with E-state index in [4.69, 9.17) is 0 Å². The summed E-state index contributed by atoms with van der Waals surface area (Å²) in [4.78, 5) is 3.66. The van der Waals surface area contributed by atoms with Crippen LogP contribution in [0.25, 0.3) is 16.8 Å². The summed E-state index contributed by atoms with van der Waals surface area (Å²) in [6, 6.07) is 8.96. The van der Waals surface area contributed by atoms with Gasteiger partial charge in [-0.1, -0.05) is 6.07 Å². The fraction of sp³-hybridized carbons (Fsp3) is 0.0769. The van der Waals surface area contributed by atoms with E-state index in [1.165, 1.54) is 12.3 Å². The Labute approximate surface area is 97.5 Å². The van der Waals surface area contributed by atoms with Gasteiger partial charge in [-0.15, -0.1) is 0 Å². The van der Waals surface area contributed by atoms with Crippen LogP contribution >= 0.6 is 0 Å². The summed E-state index contributed by atoms with van der Waals surface area (Å²) in [6.07, 6.45) is 3.33. The molecule has 3 aromatic heterocycles. The van der Waals surface area contributed by atoms with Crippen LogP contribution in [0.2, 0.25) is 0 Å². The Balaban J connectivity index is 2.26. The molecule has 0 spiro atoms. The molecule has 3 heterocycles. The van der Waals surface area contributed by atoms with E-state index < -0.39 is 5.95 Å². The van der Waals surface area contributed by atoms with E-state index in [2.05, 4.69) is 10.1 Å². The van der Waals surface area contributed by atoms with E-state index in [1.807, 2.05) is 35.8 Å². The Kier molecular flexibility index (Phi) is 2.14. The summed E-state index contributed by atoms with van der Waals surface area (Å²) in [5.74, 6) is -0.474. The summed E-state index contributed by atoms with van der Waals surface area (Å²) in [5.41, 5.74) is 3.91. The van der Waals surface area contributed by atoms with Crippen molar-refractivity contribution in [3.05, 3.63) is 54.2 Å². The molecule has 3 aromatic rings. The van der Waals surface area contributed by atoms with E-state index in [9.17, 15) is 4.39 Å². The van der Waals surface area contributed by atoms with Gasteiger partial charge in [-0.25, -0.2) is 9.50 Å². The summed E-state index contributed by atoms with van der Waals surface area (Å²) >= 11 is 0. The maximum Gasteiger partial charge on any atom is 0.212 e. The van der Waals surface area contributed by atoms with Gasteiger partial charge in [0.2, 0.25) is 5.95 Å². The molecule has 0 N–H and O–H groups in total. The van der Waals surface area contributed by atoms with E-state index in [0.29, 0.717) is 0 Å². The van der Waals surface area contributed by atoms with Crippen LogP contribution < -0.4 is 0 Å². The maximum absolute atomic E-state index is 12.8. The maximum atomic E-state index is 12.8. The topological polar surface area (TPSA) is 30.2 Å². The Morgan fingerprint density at radius 2 is 2.00 bits per heavy atom. The molecule has 0 atom stereocenters. The van der Waals surface area contributed by atoms with Crippen LogP contribution in [0.3, 0.4) is 0 Å². The number of hydrogen-bond donors (Lipinski definition) is 0. The SMILES string of the molecule is Cc1cnn2c(-c3ccc(F)nc3)cccc12. The zero-order chi connectivity index (χ0) is 11.8. The standard InChI is InChI=1S/C13H10FN3/c1-9-7-16-17-11(9)3-2-4-12(17)10-5-6-13(14)15-8-10/h2-8H,1H3. The first-order valence-electron chi connectivity index (χ1n) is 5.31. The quantitative estimate of drug-likeness (QED) is 0.598. The fourth-order valence-corrected chi connectivity index (χ4v) is 1.88. The van der Waals surface area contributed by atoms with Crippen LogP contribution in [0, 0.1) is 12.9 Å². The summed E-state index contributed by atoms with van der Waals surface area (Å²) in [5, 5.41) is 4.31. The van der Waals surface area contributed by atoms with Gasteiger partial charge in [0.05, 0.1) is 17.4 Å². The number of pyridine rings is 2. The zero-order valence-electron chi connectivity index (χ0n) is 9.26. The van der Waals surface area contributed by atoms with Crippen molar-refractivity contribution in [2.75, 3.05) is 0 Å². The van der Waals surface area contributed by atoms with Gasteiger partial charge in [0.1, 0.15) is 0 Å². The minimum absolute atomic E-state index is 0.474. The van der Waals surface area contributed by atoms with E-state index in [-0.39, 0.29) is 0 Å². The first-order chi connectivity index (χ1) is 8.25. The van der Waals surface area contributed by atoms with Gasteiger partial charge in [-0.2, -0.15) is 9.49 Å². The molecule has 0 bridgehead atoms. The largest absolute Gasteiger partial charge is 0.233 e.